The SMILES string of the molecule is CCN(Cc1cccs1)c1cc(N)nc(C(C)(C)C)n1. The number of anilines is 2. The molecule has 0 atom stereocenters. The van der Waals surface area contributed by atoms with Gasteiger partial charge in [0.1, 0.15) is 17.5 Å². The Kier molecular flexibility index (Phi) is 4.28. The van der Waals surface area contributed by atoms with Gasteiger partial charge in [0.2, 0.25) is 0 Å². The molecule has 2 rings (SSSR count). The van der Waals surface area contributed by atoms with Crippen LogP contribution in [0.5, 0.6) is 0 Å². The van der Waals surface area contributed by atoms with Crippen LogP contribution in [0.25, 0.3) is 0 Å². The molecule has 0 aliphatic heterocycles. The lowest BCUT2D eigenvalue weighted by Gasteiger charge is -2.24. The van der Waals surface area contributed by atoms with Gasteiger partial charge in [-0.3, -0.25) is 0 Å². The van der Waals surface area contributed by atoms with Gasteiger partial charge in [0.25, 0.3) is 0 Å². The Morgan fingerprint density at radius 1 is 1.30 bits per heavy atom. The molecular formula is C15H22N4S. The summed E-state index contributed by atoms with van der Waals surface area (Å²) < 4.78 is 0. The minimum absolute atomic E-state index is 0.105. The first-order chi connectivity index (χ1) is 9.40. The predicted molar refractivity (Wildman–Crippen MR) is 86.2 cm³/mol. The first-order valence-corrected chi connectivity index (χ1v) is 7.70. The molecule has 0 bridgehead atoms. The maximum Gasteiger partial charge on any atom is 0.138 e. The van der Waals surface area contributed by atoms with Gasteiger partial charge in [0, 0.05) is 22.9 Å². The zero-order chi connectivity index (χ0) is 14.8. The van der Waals surface area contributed by atoms with Crippen molar-refractivity contribution in [2.45, 2.75) is 39.7 Å². The molecule has 20 heavy (non-hydrogen) atoms. The van der Waals surface area contributed by atoms with E-state index >= 15 is 0 Å². The number of thiophene rings is 1. The molecule has 0 fully saturated rings. The molecule has 0 amide bonds. The average Bonchev–Trinajstić information content (AvgIpc) is 2.87. The number of nitrogens with two attached hydrogens (primary N) is 1. The zero-order valence-electron chi connectivity index (χ0n) is 12.6. The van der Waals surface area contributed by atoms with Crippen molar-refractivity contribution < 1.29 is 0 Å². The Balaban J connectivity index is 2.32. The summed E-state index contributed by atoms with van der Waals surface area (Å²) >= 11 is 1.76. The monoisotopic (exact) mass is 290 g/mol. The highest BCUT2D eigenvalue weighted by Crippen LogP contribution is 2.24. The van der Waals surface area contributed by atoms with Crippen LogP contribution in [0.15, 0.2) is 23.6 Å². The molecule has 4 nitrogen and oxygen atoms in total. The number of hydrogen-bond acceptors (Lipinski definition) is 5. The van der Waals surface area contributed by atoms with E-state index < -0.39 is 0 Å². The van der Waals surface area contributed by atoms with Crippen molar-refractivity contribution in [2.24, 2.45) is 0 Å². The van der Waals surface area contributed by atoms with E-state index in [2.05, 4.69) is 55.1 Å². The Morgan fingerprint density at radius 3 is 2.60 bits per heavy atom. The smallest absolute Gasteiger partial charge is 0.138 e. The van der Waals surface area contributed by atoms with Gasteiger partial charge in [-0.2, -0.15) is 0 Å². The molecule has 0 saturated carbocycles. The topological polar surface area (TPSA) is 55.0 Å². The van der Waals surface area contributed by atoms with Crippen LogP contribution in [-0.2, 0) is 12.0 Å². The first kappa shape index (κ1) is 14.8. The maximum atomic E-state index is 5.95. The number of rotatable bonds is 4. The third-order valence-electron chi connectivity index (χ3n) is 3.04. The fourth-order valence-corrected chi connectivity index (χ4v) is 2.61. The summed E-state index contributed by atoms with van der Waals surface area (Å²) in [7, 11) is 0. The van der Waals surface area contributed by atoms with Crippen molar-refractivity contribution in [2.75, 3.05) is 17.2 Å². The van der Waals surface area contributed by atoms with Crippen LogP contribution in [0.4, 0.5) is 11.6 Å². The molecule has 0 saturated heterocycles. The molecule has 0 spiro atoms. The molecule has 2 N–H and O–H groups in total. The summed E-state index contributed by atoms with van der Waals surface area (Å²) in [4.78, 5) is 12.6. The van der Waals surface area contributed by atoms with Crippen LogP contribution in [0.2, 0.25) is 0 Å². The summed E-state index contributed by atoms with van der Waals surface area (Å²) in [5, 5.41) is 2.10. The fourth-order valence-electron chi connectivity index (χ4n) is 1.90. The lowest BCUT2D eigenvalue weighted by Crippen LogP contribution is -2.25. The highest BCUT2D eigenvalue weighted by Gasteiger charge is 2.20. The minimum atomic E-state index is -0.105. The van der Waals surface area contributed by atoms with Crippen LogP contribution in [-0.4, -0.2) is 16.5 Å². The normalized spacial score (nSPS) is 11.6. The van der Waals surface area contributed by atoms with Gasteiger partial charge in [0.05, 0.1) is 6.54 Å². The van der Waals surface area contributed by atoms with Gasteiger partial charge in [-0.1, -0.05) is 26.8 Å². The van der Waals surface area contributed by atoms with Crippen molar-refractivity contribution in [3.05, 3.63) is 34.3 Å². The summed E-state index contributed by atoms with van der Waals surface area (Å²) in [6.45, 7) is 10.2. The van der Waals surface area contributed by atoms with Crippen LogP contribution in [0.1, 0.15) is 38.4 Å². The van der Waals surface area contributed by atoms with E-state index in [1.807, 2.05) is 6.07 Å². The van der Waals surface area contributed by atoms with E-state index in [1.54, 1.807) is 11.3 Å². The third-order valence-corrected chi connectivity index (χ3v) is 3.90. The van der Waals surface area contributed by atoms with Crippen molar-refractivity contribution in [1.29, 1.82) is 0 Å². The van der Waals surface area contributed by atoms with Gasteiger partial charge in [0.15, 0.2) is 0 Å². The second-order valence-electron chi connectivity index (χ2n) is 5.82. The van der Waals surface area contributed by atoms with Crippen molar-refractivity contribution in [3.8, 4) is 0 Å². The molecule has 2 aromatic rings. The maximum absolute atomic E-state index is 5.95. The van der Waals surface area contributed by atoms with Crippen LogP contribution < -0.4 is 10.6 Å². The number of nitrogen functional groups attached to an aromatic ring is 1. The Labute approximate surface area is 124 Å². The molecule has 2 aromatic heterocycles. The van der Waals surface area contributed by atoms with E-state index in [1.165, 1.54) is 4.88 Å². The van der Waals surface area contributed by atoms with Crippen molar-refractivity contribution in [3.63, 3.8) is 0 Å². The lowest BCUT2D eigenvalue weighted by molar-refractivity contribution is 0.545. The second-order valence-corrected chi connectivity index (χ2v) is 6.85. The molecule has 0 aromatic carbocycles. The Hall–Kier alpha value is -1.62. The number of hydrogen-bond donors (Lipinski definition) is 1. The van der Waals surface area contributed by atoms with Crippen molar-refractivity contribution >= 4 is 23.0 Å². The summed E-state index contributed by atoms with van der Waals surface area (Å²) in [5.74, 6) is 2.22. The lowest BCUT2D eigenvalue weighted by atomic mass is 9.96. The average molecular weight is 290 g/mol. The largest absolute Gasteiger partial charge is 0.384 e. The van der Waals surface area contributed by atoms with Gasteiger partial charge in [-0.15, -0.1) is 11.3 Å². The highest BCUT2D eigenvalue weighted by molar-refractivity contribution is 7.09. The highest BCUT2D eigenvalue weighted by atomic mass is 32.1. The summed E-state index contributed by atoms with van der Waals surface area (Å²) in [6, 6.07) is 6.07. The van der Waals surface area contributed by atoms with Crippen LogP contribution >= 0.6 is 11.3 Å². The molecule has 0 radical (unpaired) electrons. The van der Waals surface area contributed by atoms with E-state index in [0.717, 1.165) is 24.7 Å². The van der Waals surface area contributed by atoms with Gasteiger partial charge in [-0.05, 0) is 18.4 Å². The van der Waals surface area contributed by atoms with Crippen molar-refractivity contribution in [1.82, 2.24) is 9.97 Å². The standard InChI is InChI=1S/C15H22N4S/c1-5-19(10-11-7-6-8-20-11)13-9-12(16)17-14(18-13)15(2,3)4/h6-9H,5,10H2,1-4H3,(H2,16,17,18). The van der Waals surface area contributed by atoms with Crippen LogP contribution in [0, 0.1) is 0 Å². The third kappa shape index (κ3) is 3.48. The predicted octanol–water partition coefficient (Wildman–Crippen LogP) is 3.44. The van der Waals surface area contributed by atoms with E-state index in [9.17, 15) is 0 Å². The zero-order valence-corrected chi connectivity index (χ0v) is 13.4. The molecule has 0 aliphatic rings. The molecule has 2 heterocycles. The molecule has 0 unspecified atom stereocenters. The molecule has 108 valence electrons. The Bertz CT molecular complexity index is 558. The molecule has 0 aliphatic carbocycles. The number of aromatic nitrogens is 2. The Morgan fingerprint density at radius 2 is 2.05 bits per heavy atom. The minimum Gasteiger partial charge on any atom is -0.384 e. The van der Waals surface area contributed by atoms with Gasteiger partial charge < -0.3 is 10.6 Å². The second kappa shape index (κ2) is 5.79. The summed E-state index contributed by atoms with van der Waals surface area (Å²) in [5.41, 5.74) is 5.84. The fraction of sp³-hybridized carbons (Fsp3) is 0.467. The summed E-state index contributed by atoms with van der Waals surface area (Å²) in [6.07, 6.45) is 0. The first-order valence-electron chi connectivity index (χ1n) is 6.82. The quantitative estimate of drug-likeness (QED) is 0.937. The number of nitrogens with zero attached hydrogens (tertiary/aromatic N) is 3. The van der Waals surface area contributed by atoms with E-state index in [0.29, 0.717) is 5.82 Å². The van der Waals surface area contributed by atoms with Gasteiger partial charge in [-0.25, -0.2) is 9.97 Å². The van der Waals surface area contributed by atoms with Crippen LogP contribution in [0.3, 0.4) is 0 Å². The van der Waals surface area contributed by atoms with E-state index in [-0.39, 0.29) is 5.41 Å². The molecule has 5 heteroatoms. The molecular weight excluding hydrogens is 268 g/mol. The van der Waals surface area contributed by atoms with Gasteiger partial charge >= 0.3 is 0 Å². The van der Waals surface area contributed by atoms with E-state index in [4.69, 9.17) is 10.7 Å².